The Labute approximate surface area is 538 Å². The lowest BCUT2D eigenvalue weighted by molar-refractivity contribution is -0.143. The van der Waals surface area contributed by atoms with Crippen LogP contribution >= 0.6 is 0 Å². The minimum atomic E-state index is -2.35. The molecule has 3 fully saturated rings. The Morgan fingerprint density at radius 3 is 1.70 bits per heavy atom. The predicted octanol–water partition coefficient (Wildman–Crippen LogP) is -4.17. The third kappa shape index (κ3) is 22.5. The van der Waals surface area contributed by atoms with Crippen molar-refractivity contribution < 1.29 is 88.2 Å². The number of nitrogens with two attached hydrogens (primary N) is 1. The number of benzene rings is 2. The van der Waals surface area contributed by atoms with Crippen molar-refractivity contribution in [3.05, 3.63) is 95.3 Å². The second kappa shape index (κ2) is 36.5. The second-order valence-corrected chi connectivity index (χ2v) is 23.8. The molecule has 12 amide bonds. The Hall–Kier alpha value is -8.68. The number of fused-ring (bicyclic) bond motifs is 2. The molecule has 0 radical (unpaired) electrons. The number of aliphatic hydroxyl groups is 6. The van der Waals surface area contributed by atoms with Crippen molar-refractivity contribution in [3.63, 3.8) is 0 Å². The molecule has 0 saturated carbocycles. The van der Waals surface area contributed by atoms with Crippen LogP contribution in [-0.4, -0.2) is 216 Å². The van der Waals surface area contributed by atoms with Gasteiger partial charge in [-0.1, -0.05) is 86.7 Å². The van der Waals surface area contributed by atoms with E-state index in [2.05, 4.69) is 47.9 Å². The first-order valence-corrected chi connectivity index (χ1v) is 31.2. The van der Waals surface area contributed by atoms with Gasteiger partial charge in [-0.2, -0.15) is 0 Å². The van der Waals surface area contributed by atoms with Crippen LogP contribution in [0.3, 0.4) is 0 Å². The molecule has 5 rings (SSSR count). The predicted molar refractivity (Wildman–Crippen MR) is 333 cm³/mol. The zero-order chi connectivity index (χ0) is 68.6. The molecule has 3 aliphatic rings. The minimum Gasteiger partial charge on any atom is -0.394 e. The number of hydrogen-bond acceptors (Lipinski definition) is 18. The Bertz CT molecular complexity index is 3020. The smallest absolute Gasteiger partial charge is 0.268 e. The van der Waals surface area contributed by atoms with Crippen LogP contribution in [0.4, 0.5) is 0 Å². The van der Waals surface area contributed by atoms with Gasteiger partial charge in [0, 0.05) is 32.4 Å². The third-order valence-corrected chi connectivity index (χ3v) is 16.1. The van der Waals surface area contributed by atoms with Crippen molar-refractivity contribution in [1.82, 2.24) is 57.7 Å². The first kappa shape index (κ1) is 75.0. The normalized spacial score (nSPS) is 26.6. The van der Waals surface area contributed by atoms with Gasteiger partial charge in [0.2, 0.25) is 53.2 Å². The summed E-state index contributed by atoms with van der Waals surface area (Å²) < 4.78 is 0. The molecule has 0 spiro atoms. The number of aliphatic hydroxyl groups excluding tert-OH is 6. The first-order valence-electron chi connectivity index (χ1n) is 31.2. The molecular formula is C63H90N12O18. The lowest BCUT2D eigenvalue weighted by Gasteiger charge is -2.33. The molecule has 0 bridgehead atoms. The summed E-state index contributed by atoms with van der Waals surface area (Å²) in [5.74, 6) is -12.3. The van der Waals surface area contributed by atoms with Gasteiger partial charge in [0.15, 0.2) is 6.10 Å². The van der Waals surface area contributed by atoms with Crippen molar-refractivity contribution in [1.29, 1.82) is 0 Å². The van der Waals surface area contributed by atoms with E-state index in [1.54, 1.807) is 74.5 Å². The maximum absolute atomic E-state index is 14.9. The van der Waals surface area contributed by atoms with Gasteiger partial charge in [0.1, 0.15) is 53.7 Å². The van der Waals surface area contributed by atoms with Gasteiger partial charge >= 0.3 is 0 Å². The van der Waals surface area contributed by atoms with Crippen molar-refractivity contribution in [2.24, 2.45) is 11.7 Å². The summed E-state index contributed by atoms with van der Waals surface area (Å²) in [6.45, 7) is 5.50. The molecule has 3 saturated heterocycles. The molecule has 510 valence electrons. The summed E-state index contributed by atoms with van der Waals surface area (Å²) in [4.78, 5) is 170. The van der Waals surface area contributed by atoms with Crippen LogP contribution in [0.25, 0.3) is 0 Å². The molecule has 3 heterocycles. The van der Waals surface area contributed by atoms with Crippen LogP contribution in [0.5, 0.6) is 0 Å². The van der Waals surface area contributed by atoms with Crippen LogP contribution in [0.15, 0.2) is 84.2 Å². The van der Waals surface area contributed by atoms with Crippen LogP contribution in [-0.2, 0) is 70.4 Å². The molecule has 93 heavy (non-hydrogen) atoms. The number of nitrogens with one attached hydrogen (secondary N) is 9. The number of allylic oxidation sites excluding steroid dienone is 2. The van der Waals surface area contributed by atoms with Crippen molar-refractivity contribution >= 4 is 70.9 Å². The van der Waals surface area contributed by atoms with E-state index in [4.69, 9.17) is 5.73 Å². The lowest BCUT2D eigenvalue weighted by atomic mass is 9.94. The van der Waals surface area contributed by atoms with Gasteiger partial charge in [-0.25, -0.2) is 0 Å². The molecule has 30 heteroatoms. The van der Waals surface area contributed by atoms with Gasteiger partial charge in [-0.05, 0) is 95.6 Å². The van der Waals surface area contributed by atoms with Crippen LogP contribution < -0.4 is 53.6 Å². The number of carbonyl (C=O) groups excluding carboxylic acids is 12. The molecule has 17 N–H and O–H groups in total. The second-order valence-electron chi connectivity index (χ2n) is 23.8. The number of rotatable bonds is 17. The van der Waals surface area contributed by atoms with Gasteiger partial charge in [-0.15, -0.1) is 0 Å². The quantitative estimate of drug-likeness (QED) is 0.0668. The van der Waals surface area contributed by atoms with E-state index >= 15 is 0 Å². The molecule has 0 aliphatic carbocycles. The van der Waals surface area contributed by atoms with Crippen molar-refractivity contribution in [2.75, 3.05) is 26.2 Å². The largest absolute Gasteiger partial charge is 0.394 e. The van der Waals surface area contributed by atoms with Gasteiger partial charge in [0.25, 0.3) is 17.7 Å². The van der Waals surface area contributed by atoms with E-state index in [1.165, 1.54) is 19.9 Å². The highest BCUT2D eigenvalue weighted by atomic mass is 16.3. The maximum Gasteiger partial charge on any atom is 0.268 e. The number of primary amides is 1. The highest BCUT2D eigenvalue weighted by Gasteiger charge is 2.43. The molecule has 2 aromatic rings. The molecule has 3 aliphatic heterocycles. The summed E-state index contributed by atoms with van der Waals surface area (Å²) in [7, 11) is 0. The number of nitrogens with zero attached hydrogens (tertiary/aromatic N) is 2. The van der Waals surface area contributed by atoms with E-state index in [9.17, 15) is 88.2 Å². The van der Waals surface area contributed by atoms with Crippen LogP contribution in [0, 0.1) is 5.92 Å². The Kier molecular flexibility index (Phi) is 29.5. The van der Waals surface area contributed by atoms with Gasteiger partial charge in [0.05, 0.1) is 43.6 Å². The van der Waals surface area contributed by atoms with Crippen molar-refractivity contribution in [2.45, 2.75) is 191 Å². The SMILES string of the molecule is C/C=C1\NC(=O)[C@H](Cc2ccccc2)NC(=O)[C@H]2CCCN2C(=O)CNC(=O)[C@H](CCC(N)=O)NC(=O)[C@@H](O)[C@@H](C[C@H](O)C[C@H](O)[C@@H](O)CC(C)C)NC(=O)[C@@H]2CCCN2C(=O)[C@H](CCc2ccccc2)NC(=O)[C@H]([C@@H](C)O)NC(=O)/C(=C\C)NC(=O)[C@H](CO)NC1=O. The highest BCUT2D eigenvalue weighted by molar-refractivity contribution is 6.04. The summed E-state index contributed by atoms with van der Waals surface area (Å²) in [6, 6.07) is 4.50. The lowest BCUT2D eigenvalue weighted by Crippen LogP contribution is -2.61. The van der Waals surface area contributed by atoms with E-state index in [0.29, 0.717) is 12.0 Å². The standard InChI is InChI=1S/C63H90N12O18/c1-6-39-55(85)72-45(33-76)58(88)67-40(7-2)56(86)73-52(35(5)77)61(91)69-42(23-22-36-16-10-8-11-17-36)63(93)75-27-15-21-47(75)60(90)70-43(30-38(78)31-49(80)48(79)28-34(3)4)53(83)62(92)68-41(24-25-50(64)81)54(84)65-32-51(82)74-26-14-20-46(74)59(89)71-44(57(87)66-39)29-37-18-12-9-13-19-37/h6-13,16-19,34-35,38,41-49,52-53,76-80,83H,14-15,20-33H2,1-5H3,(H2,64,81)(H,65,84)(H,66,87)(H,67,88)(H,68,92)(H,69,91)(H,70,90)(H,71,89)(H,72,85)(H,73,86)/b39-6-,40-7+/t35-,38+,41+,42+,43-,44+,45+,46-,47+,48+,49+,52+,53+/m1/s1. The molecule has 30 nitrogen and oxygen atoms in total. The highest BCUT2D eigenvalue weighted by Crippen LogP contribution is 2.23. The fraction of sp³-hybridized carbons (Fsp3) is 0.556. The summed E-state index contributed by atoms with van der Waals surface area (Å²) in [5, 5.41) is 88.0. The molecule has 0 aromatic heterocycles. The van der Waals surface area contributed by atoms with Gasteiger partial charge in [-0.3, -0.25) is 57.5 Å². The fourth-order valence-electron chi connectivity index (χ4n) is 11.1. The molecule has 2 aromatic carbocycles. The monoisotopic (exact) mass is 1300 g/mol. The molecular weight excluding hydrogens is 1210 g/mol. The Morgan fingerprint density at radius 1 is 0.602 bits per heavy atom. The minimum absolute atomic E-state index is 0.00627. The number of aryl methyl sites for hydroxylation is 1. The topological polar surface area (TPSA) is 467 Å². The van der Waals surface area contributed by atoms with E-state index in [1.807, 2.05) is 0 Å². The average Bonchev–Trinajstić information content (AvgIpc) is 1.80. The number of carbonyl (C=O) groups is 12. The summed E-state index contributed by atoms with van der Waals surface area (Å²) >= 11 is 0. The van der Waals surface area contributed by atoms with E-state index < -0.39 is 200 Å². The number of hydrogen-bond donors (Lipinski definition) is 16. The average molecular weight is 1300 g/mol. The summed E-state index contributed by atoms with van der Waals surface area (Å²) in [6.07, 6.45) is -7.88. The van der Waals surface area contributed by atoms with Gasteiger partial charge < -0.3 is 94.0 Å². The molecule has 0 unspecified atom stereocenters. The zero-order valence-corrected chi connectivity index (χ0v) is 52.9. The van der Waals surface area contributed by atoms with E-state index in [-0.39, 0.29) is 64.0 Å². The van der Waals surface area contributed by atoms with Crippen molar-refractivity contribution in [3.8, 4) is 0 Å². The Balaban J connectivity index is 1.55. The molecule has 13 atom stereocenters. The third-order valence-electron chi connectivity index (χ3n) is 16.1. The van der Waals surface area contributed by atoms with Crippen LogP contribution in [0.1, 0.15) is 110 Å². The van der Waals surface area contributed by atoms with E-state index in [0.717, 1.165) is 28.4 Å². The summed E-state index contributed by atoms with van der Waals surface area (Å²) in [5.41, 5.74) is 5.73. The first-order chi connectivity index (χ1) is 44.2. The fourth-order valence-corrected chi connectivity index (χ4v) is 11.1. The Morgan fingerprint density at radius 2 is 1.13 bits per heavy atom. The van der Waals surface area contributed by atoms with Crippen LogP contribution in [0.2, 0.25) is 0 Å². The zero-order valence-electron chi connectivity index (χ0n) is 52.9. The maximum atomic E-state index is 14.9. The number of amides is 12.